The molecular formula is C16H26N4O. The number of rotatable bonds is 5. The van der Waals surface area contributed by atoms with Gasteiger partial charge >= 0.3 is 0 Å². The molecule has 1 aliphatic rings. The highest BCUT2D eigenvalue weighted by Gasteiger charge is 2.20. The van der Waals surface area contributed by atoms with Gasteiger partial charge in [0.15, 0.2) is 5.84 Å². The van der Waals surface area contributed by atoms with Gasteiger partial charge in [-0.15, -0.1) is 0 Å². The van der Waals surface area contributed by atoms with E-state index < -0.39 is 0 Å². The Morgan fingerprint density at radius 1 is 1.33 bits per heavy atom. The number of oxime groups is 1. The molecule has 0 amide bonds. The van der Waals surface area contributed by atoms with Crippen molar-refractivity contribution in [1.29, 1.82) is 0 Å². The molecule has 3 N–H and O–H groups in total. The van der Waals surface area contributed by atoms with Gasteiger partial charge in [0.1, 0.15) is 0 Å². The van der Waals surface area contributed by atoms with Crippen LogP contribution >= 0.6 is 0 Å². The highest BCUT2D eigenvalue weighted by atomic mass is 16.4. The van der Waals surface area contributed by atoms with Gasteiger partial charge in [-0.05, 0) is 25.0 Å². The first-order chi connectivity index (χ1) is 10.1. The van der Waals surface area contributed by atoms with Gasteiger partial charge in [-0.25, -0.2) is 0 Å². The van der Waals surface area contributed by atoms with Crippen LogP contribution in [-0.2, 0) is 6.54 Å². The number of piperazine rings is 1. The maximum Gasteiger partial charge on any atom is 0.170 e. The second-order valence-corrected chi connectivity index (χ2v) is 5.76. The minimum Gasteiger partial charge on any atom is -0.409 e. The van der Waals surface area contributed by atoms with Crippen molar-refractivity contribution in [3.8, 4) is 0 Å². The molecule has 5 nitrogen and oxygen atoms in total. The number of nitrogens with zero attached hydrogens (tertiary/aromatic N) is 3. The first kappa shape index (κ1) is 15.8. The lowest BCUT2D eigenvalue weighted by Crippen LogP contribution is -2.49. The highest BCUT2D eigenvalue weighted by molar-refractivity contribution is 5.97. The summed E-state index contributed by atoms with van der Waals surface area (Å²) in [5.74, 6) is 0.165. The maximum atomic E-state index is 8.75. The summed E-state index contributed by atoms with van der Waals surface area (Å²) in [4.78, 5) is 5.02. The Balaban J connectivity index is 1.92. The lowest BCUT2D eigenvalue weighted by Gasteiger charge is -2.37. The standard InChI is InChI=1S/C16H26N4O/c1-3-13(2)20-9-7-19(8-10-20)12-14-5-4-6-15(11-14)16(17)18-21/h4-6,11,13,21H,3,7-10,12H2,1-2H3,(H2,17,18). The average Bonchev–Trinajstić information content (AvgIpc) is 2.54. The maximum absolute atomic E-state index is 8.75. The summed E-state index contributed by atoms with van der Waals surface area (Å²) < 4.78 is 0. The molecule has 1 aromatic rings. The van der Waals surface area contributed by atoms with Gasteiger partial charge < -0.3 is 10.9 Å². The third-order valence-electron chi connectivity index (χ3n) is 4.36. The molecule has 0 spiro atoms. The largest absolute Gasteiger partial charge is 0.409 e. The van der Waals surface area contributed by atoms with E-state index in [9.17, 15) is 0 Å². The fraction of sp³-hybridized carbons (Fsp3) is 0.562. The van der Waals surface area contributed by atoms with Crippen molar-refractivity contribution in [1.82, 2.24) is 9.80 Å². The van der Waals surface area contributed by atoms with E-state index in [1.54, 1.807) is 0 Å². The van der Waals surface area contributed by atoms with E-state index in [-0.39, 0.29) is 5.84 Å². The molecular weight excluding hydrogens is 264 g/mol. The van der Waals surface area contributed by atoms with Crippen LogP contribution in [0, 0.1) is 0 Å². The number of hydrogen-bond donors (Lipinski definition) is 2. The Kier molecular flexibility index (Phi) is 5.59. The van der Waals surface area contributed by atoms with E-state index in [1.807, 2.05) is 18.2 Å². The van der Waals surface area contributed by atoms with Gasteiger partial charge in [-0.2, -0.15) is 0 Å². The molecule has 1 atom stereocenters. The van der Waals surface area contributed by atoms with Crippen molar-refractivity contribution < 1.29 is 5.21 Å². The zero-order chi connectivity index (χ0) is 15.2. The van der Waals surface area contributed by atoms with Crippen molar-refractivity contribution in [2.45, 2.75) is 32.9 Å². The molecule has 0 bridgehead atoms. The molecule has 0 aliphatic carbocycles. The molecule has 5 heteroatoms. The summed E-state index contributed by atoms with van der Waals surface area (Å²) in [7, 11) is 0. The molecule has 21 heavy (non-hydrogen) atoms. The van der Waals surface area contributed by atoms with E-state index in [0.29, 0.717) is 6.04 Å². The molecule has 2 rings (SSSR count). The van der Waals surface area contributed by atoms with Crippen LogP contribution in [0.5, 0.6) is 0 Å². The topological polar surface area (TPSA) is 65.1 Å². The first-order valence-electron chi connectivity index (χ1n) is 7.67. The molecule has 1 heterocycles. The van der Waals surface area contributed by atoms with E-state index in [1.165, 1.54) is 12.0 Å². The Labute approximate surface area is 127 Å². The van der Waals surface area contributed by atoms with Crippen LogP contribution in [-0.4, -0.2) is 53.1 Å². The SMILES string of the molecule is CCC(C)N1CCN(Cc2cccc(C(N)=NO)c2)CC1. The van der Waals surface area contributed by atoms with E-state index in [4.69, 9.17) is 10.9 Å². The lowest BCUT2D eigenvalue weighted by molar-refractivity contribution is 0.0964. The lowest BCUT2D eigenvalue weighted by atomic mass is 10.1. The second kappa shape index (κ2) is 7.43. The summed E-state index contributed by atoms with van der Waals surface area (Å²) in [6, 6.07) is 8.58. The zero-order valence-electron chi connectivity index (χ0n) is 13.0. The van der Waals surface area contributed by atoms with Gasteiger partial charge in [0, 0.05) is 44.3 Å². The van der Waals surface area contributed by atoms with Crippen LogP contribution in [0.25, 0.3) is 0 Å². The molecule has 1 fully saturated rings. The predicted molar refractivity (Wildman–Crippen MR) is 85.6 cm³/mol. The Bertz CT molecular complexity index is 481. The monoisotopic (exact) mass is 290 g/mol. The summed E-state index contributed by atoms with van der Waals surface area (Å²) in [6.07, 6.45) is 1.21. The summed E-state index contributed by atoms with van der Waals surface area (Å²) >= 11 is 0. The van der Waals surface area contributed by atoms with Crippen LogP contribution in [0.15, 0.2) is 29.4 Å². The highest BCUT2D eigenvalue weighted by Crippen LogP contribution is 2.13. The summed E-state index contributed by atoms with van der Waals surface area (Å²) in [5.41, 5.74) is 7.62. The molecule has 1 saturated heterocycles. The molecule has 0 saturated carbocycles. The van der Waals surface area contributed by atoms with Gasteiger partial charge in [0.25, 0.3) is 0 Å². The number of nitrogens with two attached hydrogens (primary N) is 1. The third kappa shape index (κ3) is 4.19. The number of amidine groups is 1. The number of benzene rings is 1. The van der Waals surface area contributed by atoms with Crippen LogP contribution in [0.2, 0.25) is 0 Å². The van der Waals surface area contributed by atoms with E-state index in [0.717, 1.165) is 38.3 Å². The van der Waals surface area contributed by atoms with Gasteiger partial charge in [0.2, 0.25) is 0 Å². The second-order valence-electron chi connectivity index (χ2n) is 5.76. The minimum absolute atomic E-state index is 0.165. The fourth-order valence-electron chi connectivity index (χ4n) is 2.77. The van der Waals surface area contributed by atoms with Crippen LogP contribution in [0.3, 0.4) is 0 Å². The van der Waals surface area contributed by atoms with Crippen LogP contribution in [0.1, 0.15) is 31.4 Å². The van der Waals surface area contributed by atoms with Crippen LogP contribution < -0.4 is 5.73 Å². The fourth-order valence-corrected chi connectivity index (χ4v) is 2.77. The average molecular weight is 290 g/mol. The molecule has 1 aromatic carbocycles. The molecule has 116 valence electrons. The van der Waals surface area contributed by atoms with Gasteiger partial charge in [-0.1, -0.05) is 30.3 Å². The normalized spacial score (nSPS) is 19.6. The molecule has 1 aliphatic heterocycles. The predicted octanol–water partition coefficient (Wildman–Crippen LogP) is 1.70. The third-order valence-corrected chi connectivity index (χ3v) is 4.36. The zero-order valence-corrected chi connectivity index (χ0v) is 13.0. The minimum atomic E-state index is 0.165. The van der Waals surface area contributed by atoms with Crippen molar-refractivity contribution >= 4 is 5.84 Å². The first-order valence-corrected chi connectivity index (χ1v) is 7.67. The van der Waals surface area contributed by atoms with Crippen molar-refractivity contribution in [2.24, 2.45) is 10.9 Å². The molecule has 0 radical (unpaired) electrons. The molecule has 1 unspecified atom stereocenters. The van der Waals surface area contributed by atoms with Crippen molar-refractivity contribution in [3.05, 3.63) is 35.4 Å². The summed E-state index contributed by atoms with van der Waals surface area (Å²) in [6.45, 7) is 9.92. The molecule has 0 aromatic heterocycles. The smallest absolute Gasteiger partial charge is 0.170 e. The van der Waals surface area contributed by atoms with Gasteiger partial charge in [0.05, 0.1) is 0 Å². The number of hydrogen-bond acceptors (Lipinski definition) is 4. The Hall–Kier alpha value is -1.59. The van der Waals surface area contributed by atoms with Crippen molar-refractivity contribution in [2.75, 3.05) is 26.2 Å². The van der Waals surface area contributed by atoms with Crippen LogP contribution in [0.4, 0.5) is 0 Å². The summed E-state index contributed by atoms with van der Waals surface area (Å²) in [5, 5.41) is 11.8. The Morgan fingerprint density at radius 2 is 2.05 bits per heavy atom. The quantitative estimate of drug-likeness (QED) is 0.375. The van der Waals surface area contributed by atoms with E-state index >= 15 is 0 Å². The van der Waals surface area contributed by atoms with Crippen molar-refractivity contribution in [3.63, 3.8) is 0 Å². The van der Waals surface area contributed by atoms with Gasteiger partial charge in [-0.3, -0.25) is 9.80 Å². The Morgan fingerprint density at radius 3 is 2.67 bits per heavy atom. The van der Waals surface area contributed by atoms with E-state index in [2.05, 4.69) is 34.9 Å².